The van der Waals surface area contributed by atoms with Crippen LogP contribution < -0.4 is 4.90 Å². The molecule has 0 aromatic heterocycles. The van der Waals surface area contributed by atoms with Crippen LogP contribution >= 0.6 is 0 Å². The van der Waals surface area contributed by atoms with E-state index in [2.05, 4.69) is 6.58 Å². The van der Waals surface area contributed by atoms with E-state index in [-0.39, 0.29) is 29.5 Å². The summed E-state index contributed by atoms with van der Waals surface area (Å²) in [5.74, 6) is -1.71. The largest absolute Gasteiger partial charge is 0.481 e. The molecule has 2 saturated heterocycles. The van der Waals surface area contributed by atoms with E-state index < -0.39 is 16.0 Å². The maximum absolute atomic E-state index is 13.3. The second-order valence-corrected chi connectivity index (χ2v) is 9.80. The highest BCUT2D eigenvalue weighted by atomic mass is 32.2. The number of benzene rings is 1. The third kappa shape index (κ3) is 5.69. The molecule has 0 atom stereocenters. The molecule has 1 aromatic rings. The van der Waals surface area contributed by atoms with Crippen LogP contribution in [0.25, 0.3) is 0 Å². The van der Waals surface area contributed by atoms with Crippen molar-refractivity contribution in [2.45, 2.75) is 26.2 Å². The first kappa shape index (κ1) is 24.7. The fourth-order valence-corrected chi connectivity index (χ4v) is 5.46. The zero-order chi connectivity index (χ0) is 24.2. The molecular formula is C23H28FN3O5S. The van der Waals surface area contributed by atoms with Gasteiger partial charge in [-0.25, -0.2) is 12.8 Å². The van der Waals surface area contributed by atoms with Gasteiger partial charge < -0.3 is 14.9 Å². The van der Waals surface area contributed by atoms with Gasteiger partial charge in [0.25, 0.3) is 0 Å². The van der Waals surface area contributed by atoms with Crippen molar-refractivity contribution in [3.05, 3.63) is 65.0 Å². The SMILES string of the molecule is C=C1C(=CC(=CC)S(=O)(=O)N2CCN(c3ccc(F)cc3)CC2)CCN1C(=O)CCC(=O)O. The van der Waals surface area contributed by atoms with Crippen LogP contribution in [0.2, 0.25) is 0 Å². The molecular weight excluding hydrogens is 449 g/mol. The molecule has 3 rings (SSSR count). The topological polar surface area (TPSA) is 98.2 Å². The van der Waals surface area contributed by atoms with E-state index in [4.69, 9.17) is 5.11 Å². The highest BCUT2D eigenvalue weighted by Crippen LogP contribution is 2.30. The predicted octanol–water partition coefficient (Wildman–Crippen LogP) is 2.72. The van der Waals surface area contributed by atoms with Crippen LogP contribution in [-0.2, 0) is 19.6 Å². The van der Waals surface area contributed by atoms with Crippen molar-refractivity contribution in [2.24, 2.45) is 0 Å². The van der Waals surface area contributed by atoms with Gasteiger partial charge in [-0.3, -0.25) is 9.59 Å². The summed E-state index contributed by atoms with van der Waals surface area (Å²) in [4.78, 5) is 26.6. The van der Waals surface area contributed by atoms with Crippen molar-refractivity contribution in [1.29, 1.82) is 0 Å². The number of piperazine rings is 1. The van der Waals surface area contributed by atoms with Crippen LogP contribution in [0.4, 0.5) is 10.1 Å². The maximum atomic E-state index is 13.3. The summed E-state index contributed by atoms with van der Waals surface area (Å²) in [6.07, 6.45) is 3.13. The summed E-state index contributed by atoms with van der Waals surface area (Å²) < 4.78 is 41.1. The van der Waals surface area contributed by atoms with E-state index in [0.29, 0.717) is 50.4 Å². The molecule has 8 nitrogen and oxygen atoms in total. The predicted molar refractivity (Wildman–Crippen MR) is 123 cm³/mol. The molecule has 1 amide bonds. The van der Waals surface area contributed by atoms with Gasteiger partial charge in [0.15, 0.2) is 0 Å². The zero-order valence-corrected chi connectivity index (χ0v) is 19.4. The number of amides is 1. The Morgan fingerprint density at radius 3 is 2.30 bits per heavy atom. The monoisotopic (exact) mass is 477 g/mol. The van der Waals surface area contributed by atoms with E-state index in [1.807, 2.05) is 4.90 Å². The third-order valence-corrected chi connectivity index (χ3v) is 7.82. The number of anilines is 1. The standard InChI is InChI=1S/C23H28FN3O5S/c1-3-21(16-18-10-11-27(17(18)2)22(28)8-9-23(29)30)33(31,32)26-14-12-25(13-15-26)20-6-4-19(24)5-7-20/h3-7,16H,2,8-15H2,1H3,(H,29,30). The van der Waals surface area contributed by atoms with Gasteiger partial charge in [0, 0.05) is 50.5 Å². The molecule has 0 saturated carbocycles. The molecule has 0 unspecified atom stereocenters. The summed E-state index contributed by atoms with van der Waals surface area (Å²) in [6, 6.07) is 6.12. The summed E-state index contributed by atoms with van der Waals surface area (Å²) >= 11 is 0. The molecule has 0 aliphatic carbocycles. The van der Waals surface area contributed by atoms with Crippen LogP contribution in [0.5, 0.6) is 0 Å². The number of sulfonamides is 1. The zero-order valence-electron chi connectivity index (χ0n) is 18.5. The second kappa shape index (κ2) is 10.3. The van der Waals surface area contributed by atoms with Crippen molar-refractivity contribution >= 4 is 27.6 Å². The summed E-state index contributed by atoms with van der Waals surface area (Å²) in [6.45, 7) is 7.46. The summed E-state index contributed by atoms with van der Waals surface area (Å²) in [7, 11) is -3.75. The van der Waals surface area contributed by atoms with E-state index in [1.54, 1.807) is 25.1 Å². The van der Waals surface area contributed by atoms with Crippen molar-refractivity contribution in [2.75, 3.05) is 37.6 Å². The highest BCUT2D eigenvalue weighted by molar-refractivity contribution is 7.93. The number of hydrogen-bond donors (Lipinski definition) is 1. The van der Waals surface area contributed by atoms with Gasteiger partial charge in [0.05, 0.1) is 11.3 Å². The van der Waals surface area contributed by atoms with Gasteiger partial charge in [0.1, 0.15) is 5.82 Å². The Hall–Kier alpha value is -2.98. The molecule has 33 heavy (non-hydrogen) atoms. The Balaban J connectivity index is 1.67. The lowest BCUT2D eigenvalue weighted by molar-refractivity contribution is -0.140. The number of hydrogen-bond acceptors (Lipinski definition) is 5. The van der Waals surface area contributed by atoms with Crippen molar-refractivity contribution in [3.63, 3.8) is 0 Å². The molecule has 0 bridgehead atoms. The number of halogens is 1. The first-order chi connectivity index (χ1) is 15.6. The molecule has 2 heterocycles. The van der Waals surface area contributed by atoms with Crippen molar-refractivity contribution < 1.29 is 27.5 Å². The lowest BCUT2D eigenvalue weighted by Gasteiger charge is -2.35. The Morgan fingerprint density at radius 1 is 1.09 bits per heavy atom. The molecule has 10 heteroatoms. The average molecular weight is 478 g/mol. The molecule has 2 fully saturated rings. The van der Waals surface area contributed by atoms with E-state index >= 15 is 0 Å². The molecule has 2 aliphatic heterocycles. The van der Waals surface area contributed by atoms with Gasteiger partial charge in [0.2, 0.25) is 15.9 Å². The van der Waals surface area contributed by atoms with Gasteiger partial charge in [-0.05, 0) is 49.3 Å². The molecule has 0 radical (unpaired) electrons. The molecule has 1 aromatic carbocycles. The lowest BCUT2D eigenvalue weighted by atomic mass is 10.2. The number of rotatable bonds is 7. The van der Waals surface area contributed by atoms with Gasteiger partial charge >= 0.3 is 5.97 Å². The number of allylic oxidation sites excluding steroid dienone is 3. The molecule has 178 valence electrons. The van der Waals surface area contributed by atoms with Gasteiger partial charge in [-0.2, -0.15) is 4.31 Å². The van der Waals surface area contributed by atoms with Crippen LogP contribution in [0, 0.1) is 5.82 Å². The number of carboxylic acid groups (broad SMARTS) is 1. The molecule has 1 N–H and O–H groups in total. The van der Waals surface area contributed by atoms with Crippen LogP contribution in [-0.4, -0.2) is 67.3 Å². The minimum absolute atomic E-state index is 0.130. The van der Waals surface area contributed by atoms with Gasteiger partial charge in [-0.15, -0.1) is 0 Å². The number of aliphatic carboxylic acids is 1. The first-order valence-corrected chi connectivity index (χ1v) is 12.2. The Kier molecular flexibility index (Phi) is 7.70. The molecule has 0 spiro atoms. The minimum Gasteiger partial charge on any atom is -0.481 e. The molecule has 2 aliphatic rings. The van der Waals surface area contributed by atoms with Gasteiger partial charge in [-0.1, -0.05) is 12.7 Å². The number of likely N-dealkylation sites (tertiary alicyclic amines) is 1. The van der Waals surface area contributed by atoms with Crippen LogP contribution in [0.3, 0.4) is 0 Å². The Morgan fingerprint density at radius 2 is 1.73 bits per heavy atom. The fraction of sp³-hybridized carbons (Fsp3) is 0.391. The first-order valence-electron chi connectivity index (χ1n) is 10.7. The van der Waals surface area contributed by atoms with E-state index in [9.17, 15) is 22.4 Å². The quantitative estimate of drug-likeness (QED) is 0.649. The minimum atomic E-state index is -3.75. The van der Waals surface area contributed by atoms with Crippen molar-refractivity contribution in [3.8, 4) is 0 Å². The number of nitrogens with zero attached hydrogens (tertiary/aromatic N) is 3. The normalized spacial score (nSPS) is 19.4. The van der Waals surface area contributed by atoms with Crippen molar-refractivity contribution in [1.82, 2.24) is 9.21 Å². The fourth-order valence-electron chi connectivity index (χ4n) is 3.93. The van der Waals surface area contributed by atoms with Crippen LogP contribution in [0.15, 0.2) is 59.2 Å². The summed E-state index contributed by atoms with van der Waals surface area (Å²) in [5, 5.41) is 8.78. The van der Waals surface area contributed by atoms with Crippen LogP contribution in [0.1, 0.15) is 26.2 Å². The Labute approximate surface area is 193 Å². The van der Waals surface area contributed by atoms with E-state index in [1.165, 1.54) is 27.4 Å². The third-order valence-electron chi connectivity index (χ3n) is 5.82. The second-order valence-electron chi connectivity index (χ2n) is 7.86. The van der Waals surface area contributed by atoms with E-state index in [0.717, 1.165) is 5.69 Å². The number of carbonyl (C=O) groups excluding carboxylic acids is 1. The number of carbonyl (C=O) groups is 2. The Bertz CT molecular complexity index is 1090. The highest BCUT2D eigenvalue weighted by Gasteiger charge is 2.31. The smallest absolute Gasteiger partial charge is 0.303 e. The lowest BCUT2D eigenvalue weighted by Crippen LogP contribution is -2.48. The number of carboxylic acids is 1. The summed E-state index contributed by atoms with van der Waals surface area (Å²) in [5.41, 5.74) is 1.89. The maximum Gasteiger partial charge on any atom is 0.303 e. The average Bonchev–Trinajstić information content (AvgIpc) is 3.16.